The molecule has 0 radical (unpaired) electrons. The molecular formula is C10H13N3OS. The van der Waals surface area contributed by atoms with Gasteiger partial charge in [0, 0.05) is 20.3 Å². The number of fused-ring (bicyclic) bond motifs is 1. The average molecular weight is 223 g/mol. The zero-order valence-electron chi connectivity index (χ0n) is 8.56. The summed E-state index contributed by atoms with van der Waals surface area (Å²) in [5.41, 5.74) is 0. The Morgan fingerprint density at radius 1 is 1.47 bits per heavy atom. The Bertz CT molecular complexity index is 429. The van der Waals surface area contributed by atoms with Crippen LogP contribution in [0.5, 0.6) is 0 Å². The molecule has 0 aromatic carbocycles. The van der Waals surface area contributed by atoms with Crippen molar-refractivity contribution in [3.63, 3.8) is 0 Å². The van der Waals surface area contributed by atoms with Crippen LogP contribution in [0.3, 0.4) is 0 Å². The van der Waals surface area contributed by atoms with E-state index in [4.69, 9.17) is 4.74 Å². The van der Waals surface area contributed by atoms with Crippen molar-refractivity contribution in [3.05, 3.63) is 17.8 Å². The van der Waals surface area contributed by atoms with Gasteiger partial charge in [-0.15, -0.1) is 11.3 Å². The first-order chi connectivity index (χ1) is 7.42. The summed E-state index contributed by atoms with van der Waals surface area (Å²) in [5, 5.41) is 6.41. The normalized spacial score (nSPS) is 10.7. The Balaban J connectivity index is 2.04. The number of aromatic nitrogens is 2. The molecule has 0 bridgehead atoms. The molecule has 80 valence electrons. The largest absolute Gasteiger partial charge is 0.385 e. The fourth-order valence-corrected chi connectivity index (χ4v) is 2.09. The van der Waals surface area contributed by atoms with Crippen molar-refractivity contribution in [1.29, 1.82) is 0 Å². The molecule has 4 nitrogen and oxygen atoms in total. The first-order valence-corrected chi connectivity index (χ1v) is 5.71. The number of nitrogens with one attached hydrogen (secondary N) is 1. The van der Waals surface area contributed by atoms with Crippen LogP contribution >= 0.6 is 11.3 Å². The van der Waals surface area contributed by atoms with Crippen molar-refractivity contribution in [2.45, 2.75) is 6.42 Å². The predicted molar refractivity (Wildman–Crippen MR) is 62.4 cm³/mol. The van der Waals surface area contributed by atoms with E-state index in [-0.39, 0.29) is 0 Å². The second-order valence-electron chi connectivity index (χ2n) is 3.13. The minimum Gasteiger partial charge on any atom is -0.385 e. The molecule has 0 atom stereocenters. The Hall–Kier alpha value is -1.20. The fourth-order valence-electron chi connectivity index (χ4n) is 1.35. The first kappa shape index (κ1) is 10.3. The second-order valence-corrected chi connectivity index (χ2v) is 4.03. The average Bonchev–Trinajstić information content (AvgIpc) is 2.73. The second kappa shape index (κ2) is 5.04. The molecule has 2 rings (SSSR count). The molecule has 2 aromatic rings. The lowest BCUT2D eigenvalue weighted by Crippen LogP contribution is -2.06. The lowest BCUT2D eigenvalue weighted by molar-refractivity contribution is 0.198. The van der Waals surface area contributed by atoms with E-state index >= 15 is 0 Å². The molecule has 15 heavy (non-hydrogen) atoms. The van der Waals surface area contributed by atoms with Crippen LogP contribution < -0.4 is 5.32 Å². The van der Waals surface area contributed by atoms with E-state index in [9.17, 15) is 0 Å². The molecule has 0 saturated carbocycles. The zero-order valence-corrected chi connectivity index (χ0v) is 9.38. The summed E-state index contributed by atoms with van der Waals surface area (Å²) >= 11 is 1.63. The molecular weight excluding hydrogens is 210 g/mol. The van der Waals surface area contributed by atoms with E-state index in [0.717, 1.165) is 35.6 Å². The summed E-state index contributed by atoms with van der Waals surface area (Å²) in [7, 11) is 1.71. The quantitative estimate of drug-likeness (QED) is 0.789. The lowest BCUT2D eigenvalue weighted by Gasteiger charge is -2.05. The molecule has 5 heteroatoms. The molecule has 0 aliphatic carbocycles. The van der Waals surface area contributed by atoms with Gasteiger partial charge in [0.1, 0.15) is 17.0 Å². The smallest absolute Gasteiger partial charge is 0.138 e. The van der Waals surface area contributed by atoms with Gasteiger partial charge in [0.2, 0.25) is 0 Å². The highest BCUT2D eigenvalue weighted by molar-refractivity contribution is 7.16. The van der Waals surface area contributed by atoms with Crippen LogP contribution in [-0.4, -0.2) is 30.2 Å². The summed E-state index contributed by atoms with van der Waals surface area (Å²) in [6.45, 7) is 1.64. The summed E-state index contributed by atoms with van der Waals surface area (Å²) in [6, 6.07) is 2.04. The van der Waals surface area contributed by atoms with Crippen LogP contribution in [-0.2, 0) is 4.74 Å². The topological polar surface area (TPSA) is 47.0 Å². The minimum absolute atomic E-state index is 0.769. The zero-order chi connectivity index (χ0) is 10.5. The number of anilines is 1. The molecule has 0 fully saturated rings. The van der Waals surface area contributed by atoms with E-state index < -0.39 is 0 Å². The minimum atomic E-state index is 0.769. The van der Waals surface area contributed by atoms with Gasteiger partial charge in [-0.25, -0.2) is 9.97 Å². The van der Waals surface area contributed by atoms with Crippen molar-refractivity contribution in [2.24, 2.45) is 0 Å². The van der Waals surface area contributed by atoms with Crippen LogP contribution in [0.1, 0.15) is 6.42 Å². The van der Waals surface area contributed by atoms with Crippen molar-refractivity contribution >= 4 is 27.4 Å². The van der Waals surface area contributed by atoms with E-state index in [2.05, 4.69) is 15.3 Å². The van der Waals surface area contributed by atoms with Gasteiger partial charge >= 0.3 is 0 Å². The third-order valence-electron chi connectivity index (χ3n) is 2.08. The van der Waals surface area contributed by atoms with Gasteiger partial charge in [-0.3, -0.25) is 0 Å². The Morgan fingerprint density at radius 2 is 2.40 bits per heavy atom. The maximum absolute atomic E-state index is 4.98. The van der Waals surface area contributed by atoms with Crippen molar-refractivity contribution < 1.29 is 4.74 Å². The molecule has 2 heterocycles. The van der Waals surface area contributed by atoms with Gasteiger partial charge < -0.3 is 10.1 Å². The van der Waals surface area contributed by atoms with Gasteiger partial charge in [-0.2, -0.15) is 0 Å². The molecule has 0 unspecified atom stereocenters. The number of methoxy groups -OCH3 is 1. The lowest BCUT2D eigenvalue weighted by atomic mass is 10.3. The Labute approximate surface area is 92.3 Å². The van der Waals surface area contributed by atoms with Gasteiger partial charge in [0.25, 0.3) is 0 Å². The van der Waals surface area contributed by atoms with E-state index in [0.29, 0.717) is 0 Å². The monoisotopic (exact) mass is 223 g/mol. The van der Waals surface area contributed by atoms with Crippen LogP contribution in [0.4, 0.5) is 5.82 Å². The predicted octanol–water partition coefficient (Wildman–Crippen LogP) is 2.14. The highest BCUT2D eigenvalue weighted by Gasteiger charge is 2.02. The third-order valence-corrected chi connectivity index (χ3v) is 2.90. The van der Waals surface area contributed by atoms with E-state index in [1.165, 1.54) is 0 Å². The highest BCUT2D eigenvalue weighted by Crippen LogP contribution is 2.23. The fraction of sp³-hybridized carbons (Fsp3) is 0.400. The standard InChI is InChI=1S/C10H13N3OS/c1-14-5-2-4-11-9-8-3-6-15-10(8)13-7-12-9/h3,6-7H,2,4-5H2,1H3,(H,11,12,13). The molecule has 0 spiro atoms. The van der Waals surface area contributed by atoms with Gasteiger partial charge in [-0.05, 0) is 17.9 Å². The van der Waals surface area contributed by atoms with Crippen molar-refractivity contribution in [2.75, 3.05) is 25.6 Å². The molecule has 1 N–H and O–H groups in total. The number of hydrogen-bond acceptors (Lipinski definition) is 5. The van der Waals surface area contributed by atoms with E-state index in [1.54, 1.807) is 24.8 Å². The van der Waals surface area contributed by atoms with Crippen molar-refractivity contribution in [1.82, 2.24) is 9.97 Å². The maximum Gasteiger partial charge on any atom is 0.138 e. The summed E-state index contributed by atoms with van der Waals surface area (Å²) in [6.07, 6.45) is 2.57. The van der Waals surface area contributed by atoms with Crippen LogP contribution in [0.25, 0.3) is 10.2 Å². The third kappa shape index (κ3) is 2.43. The van der Waals surface area contributed by atoms with Crippen molar-refractivity contribution in [3.8, 4) is 0 Å². The maximum atomic E-state index is 4.98. The van der Waals surface area contributed by atoms with Gasteiger partial charge in [-0.1, -0.05) is 0 Å². The molecule has 0 saturated heterocycles. The SMILES string of the molecule is COCCCNc1ncnc2sccc12. The Morgan fingerprint density at radius 3 is 3.27 bits per heavy atom. The molecule has 0 amide bonds. The molecule has 0 aliphatic rings. The first-order valence-electron chi connectivity index (χ1n) is 4.83. The van der Waals surface area contributed by atoms with Gasteiger partial charge in [0.05, 0.1) is 5.39 Å². The molecule has 0 aliphatic heterocycles. The number of thiophene rings is 1. The summed E-state index contributed by atoms with van der Waals surface area (Å²) < 4.78 is 4.98. The molecule has 2 aromatic heterocycles. The number of hydrogen-bond donors (Lipinski definition) is 1. The highest BCUT2D eigenvalue weighted by atomic mass is 32.1. The number of rotatable bonds is 5. The van der Waals surface area contributed by atoms with Crippen LogP contribution in [0.15, 0.2) is 17.8 Å². The van der Waals surface area contributed by atoms with Crippen LogP contribution in [0.2, 0.25) is 0 Å². The van der Waals surface area contributed by atoms with Gasteiger partial charge in [0.15, 0.2) is 0 Å². The number of nitrogens with zero attached hydrogens (tertiary/aromatic N) is 2. The number of ether oxygens (including phenoxy) is 1. The summed E-state index contributed by atoms with van der Waals surface area (Å²) in [4.78, 5) is 9.44. The van der Waals surface area contributed by atoms with E-state index in [1.807, 2.05) is 11.4 Å². The summed E-state index contributed by atoms with van der Waals surface area (Å²) in [5.74, 6) is 0.914. The van der Waals surface area contributed by atoms with Crippen LogP contribution in [0, 0.1) is 0 Å². The Kier molecular flexibility index (Phi) is 3.47.